The second kappa shape index (κ2) is 10.9. The molecule has 1 amide bonds. The molecule has 2 aliphatic rings. The highest BCUT2D eigenvalue weighted by molar-refractivity contribution is 7.90. The van der Waals surface area contributed by atoms with Gasteiger partial charge in [-0.3, -0.25) is 19.4 Å². The Labute approximate surface area is 209 Å². The van der Waals surface area contributed by atoms with Crippen molar-refractivity contribution < 1.29 is 13.2 Å². The number of sulfonamides is 1. The lowest BCUT2D eigenvalue weighted by Crippen LogP contribution is -2.39. The minimum absolute atomic E-state index is 0.0506. The van der Waals surface area contributed by atoms with E-state index in [1.165, 1.54) is 18.4 Å². The van der Waals surface area contributed by atoms with Gasteiger partial charge in [-0.2, -0.15) is 0 Å². The second-order valence-corrected chi connectivity index (χ2v) is 11.5. The van der Waals surface area contributed by atoms with Crippen molar-refractivity contribution in [2.45, 2.75) is 64.1 Å². The molecule has 2 aromatic rings. The molecule has 7 nitrogen and oxygen atoms in total. The molecule has 1 fully saturated rings. The van der Waals surface area contributed by atoms with Crippen LogP contribution in [-0.4, -0.2) is 44.2 Å². The topological polar surface area (TPSA) is 90.9 Å². The third kappa shape index (κ3) is 5.93. The number of nitrogens with one attached hydrogen (secondary N) is 2. The molecule has 2 heterocycles. The number of hydrogen-bond donors (Lipinski definition) is 2. The molecule has 35 heavy (non-hydrogen) atoms. The Hall–Kier alpha value is -2.71. The van der Waals surface area contributed by atoms with Gasteiger partial charge in [0, 0.05) is 18.7 Å². The number of benzene rings is 2. The number of amides is 1. The summed E-state index contributed by atoms with van der Waals surface area (Å²) in [4.78, 5) is 20.6. The van der Waals surface area contributed by atoms with E-state index in [0.29, 0.717) is 12.1 Å². The summed E-state index contributed by atoms with van der Waals surface area (Å²) in [7, 11) is -3.65. The molecule has 2 atom stereocenters. The number of hydrogen-bond acceptors (Lipinski definition) is 5. The van der Waals surface area contributed by atoms with E-state index in [0.717, 1.165) is 37.5 Å². The van der Waals surface area contributed by atoms with Crippen molar-refractivity contribution in [2.75, 3.05) is 13.1 Å². The lowest BCUT2D eigenvalue weighted by molar-refractivity contribution is -0.123. The van der Waals surface area contributed by atoms with Gasteiger partial charge in [-0.1, -0.05) is 63.6 Å². The van der Waals surface area contributed by atoms with E-state index in [1.54, 1.807) is 24.3 Å². The highest BCUT2D eigenvalue weighted by Crippen LogP contribution is 2.24. The van der Waals surface area contributed by atoms with Gasteiger partial charge in [-0.25, -0.2) is 8.42 Å². The molecule has 0 bridgehead atoms. The zero-order valence-corrected chi connectivity index (χ0v) is 21.6. The van der Waals surface area contributed by atoms with Gasteiger partial charge in [-0.05, 0) is 61.0 Å². The van der Waals surface area contributed by atoms with Crippen molar-refractivity contribution in [3.63, 3.8) is 0 Å². The molecule has 1 saturated heterocycles. The summed E-state index contributed by atoms with van der Waals surface area (Å²) < 4.78 is 27.5. The fourth-order valence-corrected chi connectivity index (χ4v) is 5.91. The van der Waals surface area contributed by atoms with Crippen molar-refractivity contribution >= 4 is 21.8 Å². The van der Waals surface area contributed by atoms with Crippen molar-refractivity contribution in [3.05, 3.63) is 65.2 Å². The number of rotatable bonds is 8. The number of carbonyl (C=O) groups is 1. The van der Waals surface area contributed by atoms with E-state index in [1.807, 2.05) is 26.0 Å². The van der Waals surface area contributed by atoms with Crippen LogP contribution in [-0.2, 0) is 27.9 Å². The van der Waals surface area contributed by atoms with Gasteiger partial charge < -0.3 is 5.32 Å². The Morgan fingerprint density at radius 1 is 1.11 bits per heavy atom. The summed E-state index contributed by atoms with van der Waals surface area (Å²) in [6.07, 6.45) is 3.19. The van der Waals surface area contributed by atoms with E-state index in [2.05, 4.69) is 39.0 Å². The standard InChI is InChI=1S/C27H36N4O3S/c1-4-20(3)25(29-26-23-11-7-8-12-24(23)35(33,34)30-26)27(32)28-17-21-9-5-6-10-22(21)18-31-15-13-19(2)14-16-31/h5-12,19-20,25H,4,13-18H2,1-3H3,(H,28,32)(H,29,30)/t20-,25-/m0/s1. The largest absolute Gasteiger partial charge is 0.350 e. The lowest BCUT2D eigenvalue weighted by atomic mass is 9.97. The zero-order chi connectivity index (χ0) is 25.0. The highest BCUT2D eigenvalue weighted by Gasteiger charge is 2.33. The molecular weight excluding hydrogens is 460 g/mol. The molecule has 188 valence electrons. The summed E-state index contributed by atoms with van der Waals surface area (Å²) in [6.45, 7) is 9.79. The van der Waals surface area contributed by atoms with Crippen molar-refractivity contribution in [1.82, 2.24) is 14.9 Å². The van der Waals surface area contributed by atoms with E-state index in [9.17, 15) is 13.2 Å². The zero-order valence-electron chi connectivity index (χ0n) is 20.8. The van der Waals surface area contributed by atoms with Crippen LogP contribution >= 0.6 is 0 Å². The van der Waals surface area contributed by atoms with Gasteiger partial charge in [0.1, 0.15) is 11.9 Å². The van der Waals surface area contributed by atoms with Crippen LogP contribution in [0.15, 0.2) is 58.4 Å². The van der Waals surface area contributed by atoms with Gasteiger partial charge in [0.2, 0.25) is 5.91 Å². The third-order valence-electron chi connectivity index (χ3n) is 7.22. The number of likely N-dealkylation sites (tertiary alicyclic amines) is 1. The summed E-state index contributed by atoms with van der Waals surface area (Å²) in [6, 6.07) is 14.3. The van der Waals surface area contributed by atoms with Crippen LogP contribution in [0, 0.1) is 11.8 Å². The molecule has 8 heteroatoms. The van der Waals surface area contributed by atoms with Crippen molar-refractivity contribution in [1.29, 1.82) is 0 Å². The lowest BCUT2D eigenvalue weighted by Gasteiger charge is -2.30. The first kappa shape index (κ1) is 25.4. The molecule has 0 unspecified atom stereocenters. The molecule has 2 aromatic carbocycles. The molecule has 0 saturated carbocycles. The summed E-state index contributed by atoms with van der Waals surface area (Å²) in [5.74, 6) is 0.777. The molecule has 2 N–H and O–H groups in total. The number of amidine groups is 1. The number of piperidine rings is 1. The molecule has 0 radical (unpaired) electrons. The molecule has 0 aliphatic carbocycles. The SMILES string of the molecule is CC[C@H](C)[C@H](N=C1NS(=O)(=O)c2ccccc21)C(=O)NCc1ccccc1CN1CCC(C)CC1. The maximum absolute atomic E-state index is 13.3. The molecule has 0 spiro atoms. The predicted octanol–water partition coefficient (Wildman–Crippen LogP) is 3.69. The fourth-order valence-electron chi connectivity index (χ4n) is 4.67. The highest BCUT2D eigenvalue weighted by atomic mass is 32.2. The number of aliphatic imine (C=N–C) groups is 1. The number of nitrogens with zero attached hydrogens (tertiary/aromatic N) is 2. The smallest absolute Gasteiger partial charge is 0.263 e. The van der Waals surface area contributed by atoms with Crippen molar-refractivity contribution in [2.24, 2.45) is 16.8 Å². The summed E-state index contributed by atoms with van der Waals surface area (Å²) in [5, 5.41) is 3.08. The van der Waals surface area contributed by atoms with Crippen LogP contribution in [0.5, 0.6) is 0 Å². The maximum atomic E-state index is 13.3. The predicted molar refractivity (Wildman–Crippen MR) is 139 cm³/mol. The van der Waals surface area contributed by atoms with E-state index in [-0.39, 0.29) is 22.6 Å². The van der Waals surface area contributed by atoms with Crippen LogP contribution < -0.4 is 10.0 Å². The maximum Gasteiger partial charge on any atom is 0.263 e. The summed E-state index contributed by atoms with van der Waals surface area (Å²) in [5.41, 5.74) is 2.84. The third-order valence-corrected chi connectivity index (χ3v) is 8.62. The fraction of sp³-hybridized carbons (Fsp3) is 0.481. The molecule has 4 rings (SSSR count). The first-order valence-electron chi connectivity index (χ1n) is 12.6. The van der Waals surface area contributed by atoms with Gasteiger partial charge in [-0.15, -0.1) is 0 Å². The van der Waals surface area contributed by atoms with Crippen LogP contribution in [0.4, 0.5) is 0 Å². The van der Waals surface area contributed by atoms with Crippen molar-refractivity contribution in [3.8, 4) is 0 Å². The second-order valence-electron chi connectivity index (χ2n) is 9.85. The summed E-state index contributed by atoms with van der Waals surface area (Å²) >= 11 is 0. The monoisotopic (exact) mass is 496 g/mol. The Morgan fingerprint density at radius 3 is 2.49 bits per heavy atom. The number of carbonyl (C=O) groups excluding carboxylic acids is 1. The van der Waals surface area contributed by atoms with Gasteiger partial charge >= 0.3 is 0 Å². The average Bonchev–Trinajstić information content (AvgIpc) is 3.12. The Bertz CT molecular complexity index is 1190. The number of fused-ring (bicyclic) bond motifs is 1. The van der Waals surface area contributed by atoms with E-state index in [4.69, 9.17) is 0 Å². The van der Waals surface area contributed by atoms with Gasteiger partial charge in [0.15, 0.2) is 0 Å². The molecule has 2 aliphatic heterocycles. The Morgan fingerprint density at radius 2 is 1.77 bits per heavy atom. The van der Waals surface area contributed by atoms with Gasteiger partial charge in [0.05, 0.1) is 4.90 Å². The minimum atomic E-state index is -3.65. The molecular formula is C27H36N4O3S. The Kier molecular flexibility index (Phi) is 7.91. The van der Waals surface area contributed by atoms with E-state index < -0.39 is 16.1 Å². The van der Waals surface area contributed by atoms with Gasteiger partial charge in [0.25, 0.3) is 10.0 Å². The first-order chi connectivity index (χ1) is 16.8. The van der Waals surface area contributed by atoms with Crippen LogP contribution in [0.3, 0.4) is 0 Å². The minimum Gasteiger partial charge on any atom is -0.350 e. The van der Waals surface area contributed by atoms with Crippen LogP contribution in [0.2, 0.25) is 0 Å². The normalized spacial score (nSPS) is 20.7. The van der Waals surface area contributed by atoms with Crippen LogP contribution in [0.1, 0.15) is 56.7 Å². The quantitative estimate of drug-likeness (QED) is 0.583. The van der Waals surface area contributed by atoms with Crippen LogP contribution in [0.25, 0.3) is 0 Å². The average molecular weight is 497 g/mol. The first-order valence-corrected chi connectivity index (χ1v) is 14.0. The molecule has 0 aromatic heterocycles. The van der Waals surface area contributed by atoms with E-state index >= 15 is 0 Å². The Balaban J connectivity index is 1.49.